The van der Waals surface area contributed by atoms with E-state index >= 15 is 0 Å². The summed E-state index contributed by atoms with van der Waals surface area (Å²) in [5, 5.41) is 6.21. The lowest BCUT2D eigenvalue weighted by molar-refractivity contribution is 0.123. The van der Waals surface area contributed by atoms with Crippen molar-refractivity contribution in [2.24, 2.45) is 5.10 Å². The number of benzene rings is 1. The molecule has 21 heavy (non-hydrogen) atoms. The zero-order chi connectivity index (χ0) is 14.5. The van der Waals surface area contributed by atoms with Crippen molar-refractivity contribution in [1.29, 1.82) is 0 Å². The van der Waals surface area contributed by atoms with Gasteiger partial charge in [-0.1, -0.05) is 17.7 Å². The van der Waals surface area contributed by atoms with Gasteiger partial charge in [0.05, 0.1) is 30.1 Å². The zero-order valence-corrected chi connectivity index (χ0v) is 13.0. The number of hydrazone groups is 1. The Labute approximate surface area is 133 Å². The lowest BCUT2D eigenvalue weighted by Crippen LogP contribution is -2.35. The van der Waals surface area contributed by atoms with Gasteiger partial charge in [0.15, 0.2) is 0 Å². The summed E-state index contributed by atoms with van der Waals surface area (Å²) < 4.78 is 5.37. The Balaban J connectivity index is 1.60. The molecule has 1 fully saturated rings. The summed E-state index contributed by atoms with van der Waals surface area (Å²) in [6.07, 6.45) is 1.83. The van der Waals surface area contributed by atoms with Crippen LogP contribution in [0.3, 0.4) is 0 Å². The van der Waals surface area contributed by atoms with Crippen LogP contribution in [0.4, 0.5) is 10.7 Å². The van der Waals surface area contributed by atoms with Crippen LogP contribution in [0.1, 0.15) is 4.88 Å². The molecule has 0 aliphatic carbocycles. The van der Waals surface area contributed by atoms with Gasteiger partial charge in [-0.05, 0) is 30.3 Å². The van der Waals surface area contributed by atoms with E-state index in [1.807, 2.05) is 30.5 Å². The third kappa shape index (κ3) is 3.97. The minimum absolute atomic E-state index is 0.695. The van der Waals surface area contributed by atoms with E-state index in [1.165, 1.54) is 5.00 Å². The molecule has 0 saturated carbocycles. The van der Waals surface area contributed by atoms with Crippen molar-refractivity contribution in [3.05, 3.63) is 46.3 Å². The van der Waals surface area contributed by atoms with Gasteiger partial charge in [-0.2, -0.15) is 5.10 Å². The number of rotatable bonds is 4. The van der Waals surface area contributed by atoms with E-state index in [1.54, 1.807) is 11.3 Å². The summed E-state index contributed by atoms with van der Waals surface area (Å²) in [5.74, 6) is 0. The highest BCUT2D eigenvalue weighted by molar-refractivity contribution is 7.17. The number of thiophene rings is 1. The van der Waals surface area contributed by atoms with Crippen LogP contribution in [0.2, 0.25) is 5.02 Å². The largest absolute Gasteiger partial charge is 0.378 e. The first-order valence-electron chi connectivity index (χ1n) is 6.78. The van der Waals surface area contributed by atoms with Crippen LogP contribution in [0.25, 0.3) is 0 Å². The van der Waals surface area contributed by atoms with Crippen LogP contribution in [0.5, 0.6) is 0 Å². The van der Waals surface area contributed by atoms with Gasteiger partial charge in [0.1, 0.15) is 0 Å². The lowest BCUT2D eigenvalue weighted by atomic mass is 10.3. The molecule has 0 amide bonds. The minimum Gasteiger partial charge on any atom is -0.378 e. The fourth-order valence-electron chi connectivity index (χ4n) is 2.09. The van der Waals surface area contributed by atoms with Crippen LogP contribution in [-0.4, -0.2) is 32.5 Å². The predicted molar refractivity (Wildman–Crippen MR) is 90.0 cm³/mol. The van der Waals surface area contributed by atoms with E-state index in [0.717, 1.165) is 36.9 Å². The van der Waals surface area contributed by atoms with Gasteiger partial charge in [-0.3, -0.25) is 5.43 Å². The Hall–Kier alpha value is -1.56. The van der Waals surface area contributed by atoms with Crippen molar-refractivity contribution in [2.75, 3.05) is 36.6 Å². The maximum Gasteiger partial charge on any atom is 0.0916 e. The lowest BCUT2D eigenvalue weighted by Gasteiger charge is -2.27. The summed E-state index contributed by atoms with van der Waals surface area (Å²) in [4.78, 5) is 3.46. The van der Waals surface area contributed by atoms with E-state index in [2.05, 4.69) is 27.6 Å². The summed E-state index contributed by atoms with van der Waals surface area (Å²) in [5.41, 5.74) is 3.86. The minimum atomic E-state index is 0.695. The van der Waals surface area contributed by atoms with Gasteiger partial charge in [0.2, 0.25) is 0 Å². The maximum absolute atomic E-state index is 5.92. The van der Waals surface area contributed by atoms with E-state index in [9.17, 15) is 0 Å². The SMILES string of the molecule is Clc1cccc(NN=Cc2ccc(N3CCOCC3)s2)c1. The molecule has 1 aromatic carbocycles. The molecule has 0 spiro atoms. The number of anilines is 2. The number of ether oxygens (including phenoxy) is 1. The second-order valence-corrected chi connectivity index (χ2v) is 6.19. The first-order valence-corrected chi connectivity index (χ1v) is 7.98. The van der Waals surface area contributed by atoms with Crippen molar-refractivity contribution in [3.8, 4) is 0 Å². The molecule has 1 saturated heterocycles. The quantitative estimate of drug-likeness (QED) is 0.689. The topological polar surface area (TPSA) is 36.9 Å². The standard InChI is InChI=1S/C15H16ClN3OS/c16-12-2-1-3-13(10-12)18-17-11-14-4-5-15(21-14)19-6-8-20-9-7-19/h1-5,10-11,18H,6-9H2. The van der Waals surface area contributed by atoms with E-state index < -0.39 is 0 Å². The predicted octanol–water partition coefficient (Wildman–Crippen LogP) is 3.68. The molecule has 2 heterocycles. The summed E-state index contributed by atoms with van der Waals surface area (Å²) in [6.45, 7) is 3.52. The molecule has 0 bridgehead atoms. The van der Waals surface area contributed by atoms with Crippen molar-refractivity contribution in [1.82, 2.24) is 0 Å². The molecule has 0 radical (unpaired) electrons. The maximum atomic E-state index is 5.92. The van der Waals surface area contributed by atoms with E-state index in [0.29, 0.717) is 5.02 Å². The second-order valence-electron chi connectivity index (χ2n) is 4.66. The van der Waals surface area contributed by atoms with Gasteiger partial charge in [0.25, 0.3) is 0 Å². The van der Waals surface area contributed by atoms with Crippen LogP contribution in [0, 0.1) is 0 Å². The van der Waals surface area contributed by atoms with E-state index in [4.69, 9.17) is 16.3 Å². The molecule has 6 heteroatoms. The van der Waals surface area contributed by atoms with Gasteiger partial charge < -0.3 is 9.64 Å². The average molecular weight is 322 g/mol. The molecule has 4 nitrogen and oxygen atoms in total. The number of hydrogen-bond donors (Lipinski definition) is 1. The fourth-order valence-corrected chi connectivity index (χ4v) is 3.21. The van der Waals surface area contributed by atoms with Crippen LogP contribution in [0.15, 0.2) is 41.5 Å². The molecular formula is C15H16ClN3OS. The zero-order valence-electron chi connectivity index (χ0n) is 11.5. The van der Waals surface area contributed by atoms with E-state index in [-0.39, 0.29) is 0 Å². The van der Waals surface area contributed by atoms with Crippen molar-refractivity contribution < 1.29 is 4.74 Å². The third-order valence-corrected chi connectivity index (χ3v) is 4.46. The van der Waals surface area contributed by atoms with Gasteiger partial charge in [-0.25, -0.2) is 0 Å². The van der Waals surface area contributed by atoms with Gasteiger partial charge in [0, 0.05) is 23.0 Å². The number of morpholine rings is 1. The second kappa shape index (κ2) is 6.93. The number of hydrogen-bond acceptors (Lipinski definition) is 5. The molecular weight excluding hydrogens is 306 g/mol. The highest BCUT2D eigenvalue weighted by Gasteiger charge is 2.12. The van der Waals surface area contributed by atoms with Gasteiger partial charge >= 0.3 is 0 Å². The Bertz CT molecular complexity index is 623. The molecule has 1 aromatic heterocycles. The Kier molecular flexibility index (Phi) is 4.75. The summed E-state index contributed by atoms with van der Waals surface area (Å²) in [7, 11) is 0. The molecule has 0 unspecified atom stereocenters. The van der Waals surface area contributed by atoms with Crippen molar-refractivity contribution in [2.45, 2.75) is 0 Å². The molecule has 110 valence electrons. The smallest absolute Gasteiger partial charge is 0.0916 e. The molecule has 1 aliphatic rings. The van der Waals surface area contributed by atoms with Crippen LogP contribution >= 0.6 is 22.9 Å². The molecule has 2 aromatic rings. The molecule has 1 aliphatic heterocycles. The van der Waals surface area contributed by atoms with Crippen molar-refractivity contribution >= 4 is 39.8 Å². The first kappa shape index (κ1) is 14.4. The fraction of sp³-hybridized carbons (Fsp3) is 0.267. The van der Waals surface area contributed by atoms with Crippen LogP contribution in [-0.2, 0) is 4.74 Å². The molecule has 3 rings (SSSR count). The number of halogens is 1. The monoisotopic (exact) mass is 321 g/mol. The van der Waals surface area contributed by atoms with Crippen molar-refractivity contribution in [3.63, 3.8) is 0 Å². The molecule has 1 N–H and O–H groups in total. The summed E-state index contributed by atoms with van der Waals surface area (Å²) in [6, 6.07) is 11.7. The highest BCUT2D eigenvalue weighted by Crippen LogP contribution is 2.25. The Morgan fingerprint density at radius 1 is 1.24 bits per heavy atom. The Morgan fingerprint density at radius 3 is 2.90 bits per heavy atom. The highest BCUT2D eigenvalue weighted by atomic mass is 35.5. The number of nitrogens with one attached hydrogen (secondary N) is 1. The molecule has 0 atom stereocenters. The Morgan fingerprint density at radius 2 is 2.10 bits per heavy atom. The normalized spacial score (nSPS) is 15.6. The first-order chi connectivity index (χ1) is 10.3. The number of nitrogens with zero attached hydrogens (tertiary/aromatic N) is 2. The van der Waals surface area contributed by atoms with Gasteiger partial charge in [-0.15, -0.1) is 11.3 Å². The van der Waals surface area contributed by atoms with Crippen LogP contribution < -0.4 is 10.3 Å². The summed E-state index contributed by atoms with van der Waals surface area (Å²) >= 11 is 7.66. The third-order valence-electron chi connectivity index (χ3n) is 3.15. The average Bonchev–Trinajstić information content (AvgIpc) is 2.97.